The maximum atomic E-state index is 13.7. The Bertz CT molecular complexity index is 691. The summed E-state index contributed by atoms with van der Waals surface area (Å²) >= 11 is 1.78. The Labute approximate surface area is 179 Å². The normalized spacial score (nSPS) is 21.8. The van der Waals surface area contributed by atoms with Crippen molar-refractivity contribution in [3.8, 4) is 0 Å². The maximum Gasteiger partial charge on any atom is 0.246 e. The fourth-order valence-corrected chi connectivity index (χ4v) is 5.42. The monoisotopic (exact) mass is 417 g/mol. The second-order valence-electron chi connectivity index (χ2n) is 9.00. The molecule has 0 radical (unpaired) electrons. The predicted molar refractivity (Wildman–Crippen MR) is 119 cm³/mol. The van der Waals surface area contributed by atoms with Crippen LogP contribution < -0.4 is 0 Å². The Balaban J connectivity index is 1.78. The van der Waals surface area contributed by atoms with E-state index in [0.29, 0.717) is 24.8 Å². The third kappa shape index (κ3) is 5.98. The topological polar surface area (TPSA) is 43.9 Å². The summed E-state index contributed by atoms with van der Waals surface area (Å²) in [6, 6.07) is 9.81. The van der Waals surface area contributed by atoms with Gasteiger partial charge in [0.1, 0.15) is 6.04 Å². The lowest BCUT2D eigenvalue weighted by molar-refractivity contribution is -0.146. The van der Waals surface area contributed by atoms with E-state index in [1.807, 2.05) is 42.1 Å². The molecular weight excluding hydrogens is 382 g/mol. The standard InChI is InChI=1S/C23H35N3O2S/c1-17(2)14-21-26(22(27)19-10-11-19)20(16-29-21)23(28)25(13-12-24(3)4)15-18-8-6-5-7-9-18/h5-9,17,19-21H,10-16H2,1-4H3. The molecule has 5 nitrogen and oxygen atoms in total. The van der Waals surface area contributed by atoms with Crippen LogP contribution in [0.1, 0.15) is 38.7 Å². The molecule has 1 saturated carbocycles. The van der Waals surface area contributed by atoms with E-state index in [0.717, 1.165) is 31.4 Å². The van der Waals surface area contributed by atoms with Crippen molar-refractivity contribution in [2.75, 3.05) is 32.9 Å². The minimum Gasteiger partial charge on any atom is -0.335 e. The van der Waals surface area contributed by atoms with Crippen molar-refractivity contribution in [2.24, 2.45) is 11.8 Å². The molecule has 2 aliphatic rings. The van der Waals surface area contributed by atoms with E-state index in [1.54, 1.807) is 11.8 Å². The number of likely N-dealkylation sites (N-methyl/N-ethyl adjacent to an activating group) is 1. The largest absolute Gasteiger partial charge is 0.335 e. The van der Waals surface area contributed by atoms with Gasteiger partial charge in [0.05, 0.1) is 5.37 Å². The Morgan fingerprint density at radius 3 is 2.41 bits per heavy atom. The number of thioether (sulfide) groups is 1. The first-order valence-electron chi connectivity index (χ1n) is 10.8. The van der Waals surface area contributed by atoms with Crippen LogP contribution in [0.15, 0.2) is 30.3 Å². The fraction of sp³-hybridized carbons (Fsp3) is 0.652. The lowest BCUT2D eigenvalue weighted by Crippen LogP contribution is -2.52. The van der Waals surface area contributed by atoms with E-state index in [2.05, 4.69) is 30.9 Å². The van der Waals surface area contributed by atoms with Gasteiger partial charge in [0.15, 0.2) is 0 Å². The molecule has 2 unspecified atom stereocenters. The van der Waals surface area contributed by atoms with Gasteiger partial charge in [-0.1, -0.05) is 44.2 Å². The van der Waals surface area contributed by atoms with Crippen LogP contribution in [0.5, 0.6) is 0 Å². The van der Waals surface area contributed by atoms with Crippen LogP contribution in [0.4, 0.5) is 0 Å². The van der Waals surface area contributed by atoms with Crippen molar-refractivity contribution in [3.63, 3.8) is 0 Å². The molecule has 0 aromatic heterocycles. The van der Waals surface area contributed by atoms with Gasteiger partial charge in [0.25, 0.3) is 0 Å². The van der Waals surface area contributed by atoms with E-state index < -0.39 is 0 Å². The predicted octanol–water partition coefficient (Wildman–Crippen LogP) is 3.30. The molecule has 3 rings (SSSR count). The second kappa shape index (κ2) is 9.98. The molecule has 1 aromatic carbocycles. The SMILES string of the molecule is CC(C)CC1SCC(C(=O)N(CCN(C)C)Cc2ccccc2)N1C(=O)C1CC1. The minimum absolute atomic E-state index is 0.100. The Hall–Kier alpha value is -1.53. The summed E-state index contributed by atoms with van der Waals surface area (Å²) in [5.41, 5.74) is 1.13. The number of rotatable bonds is 9. The quantitative estimate of drug-likeness (QED) is 0.618. The van der Waals surface area contributed by atoms with Crippen molar-refractivity contribution in [1.29, 1.82) is 0 Å². The van der Waals surface area contributed by atoms with Crippen LogP contribution in [0.2, 0.25) is 0 Å². The molecule has 0 bridgehead atoms. The van der Waals surface area contributed by atoms with E-state index in [-0.39, 0.29) is 29.1 Å². The highest BCUT2D eigenvalue weighted by Gasteiger charge is 2.47. The highest BCUT2D eigenvalue weighted by Crippen LogP contribution is 2.40. The summed E-state index contributed by atoms with van der Waals surface area (Å²) in [7, 11) is 4.05. The molecule has 1 saturated heterocycles. The smallest absolute Gasteiger partial charge is 0.246 e. The van der Waals surface area contributed by atoms with Gasteiger partial charge in [-0.05, 0) is 44.8 Å². The maximum absolute atomic E-state index is 13.7. The van der Waals surface area contributed by atoms with Crippen LogP contribution in [-0.2, 0) is 16.1 Å². The van der Waals surface area contributed by atoms with Gasteiger partial charge in [-0.2, -0.15) is 0 Å². The number of carbonyl (C=O) groups excluding carboxylic acids is 2. The fourth-order valence-electron chi connectivity index (χ4n) is 3.78. The summed E-state index contributed by atoms with van der Waals surface area (Å²) in [5.74, 6) is 1.66. The Kier molecular flexibility index (Phi) is 7.63. The van der Waals surface area contributed by atoms with Crippen LogP contribution in [0, 0.1) is 11.8 Å². The zero-order chi connectivity index (χ0) is 21.0. The van der Waals surface area contributed by atoms with Gasteiger partial charge < -0.3 is 14.7 Å². The molecule has 160 valence electrons. The molecule has 2 atom stereocenters. The number of carbonyl (C=O) groups is 2. The van der Waals surface area contributed by atoms with Crippen molar-refractivity contribution in [3.05, 3.63) is 35.9 Å². The van der Waals surface area contributed by atoms with Gasteiger partial charge in [-0.25, -0.2) is 0 Å². The van der Waals surface area contributed by atoms with Gasteiger partial charge in [0.2, 0.25) is 11.8 Å². The van der Waals surface area contributed by atoms with Crippen LogP contribution >= 0.6 is 11.8 Å². The van der Waals surface area contributed by atoms with Crippen LogP contribution in [0.25, 0.3) is 0 Å². The van der Waals surface area contributed by atoms with Gasteiger partial charge in [-0.15, -0.1) is 11.8 Å². The Morgan fingerprint density at radius 1 is 1.14 bits per heavy atom. The molecule has 1 aliphatic carbocycles. The molecular formula is C23H35N3O2S. The summed E-state index contributed by atoms with van der Waals surface area (Å²) in [6.45, 7) is 6.45. The molecule has 2 fully saturated rings. The highest BCUT2D eigenvalue weighted by molar-refractivity contribution is 8.00. The third-order valence-corrected chi connectivity index (χ3v) is 6.89. The van der Waals surface area contributed by atoms with E-state index in [9.17, 15) is 9.59 Å². The van der Waals surface area contributed by atoms with Gasteiger partial charge >= 0.3 is 0 Å². The molecule has 1 aromatic rings. The Morgan fingerprint density at radius 2 is 1.83 bits per heavy atom. The van der Waals surface area contributed by atoms with Crippen molar-refractivity contribution in [2.45, 2.75) is 51.1 Å². The molecule has 1 heterocycles. The molecule has 2 amide bonds. The van der Waals surface area contributed by atoms with Crippen molar-refractivity contribution >= 4 is 23.6 Å². The zero-order valence-corrected chi connectivity index (χ0v) is 19.0. The van der Waals surface area contributed by atoms with Gasteiger partial charge in [-0.3, -0.25) is 9.59 Å². The summed E-state index contributed by atoms with van der Waals surface area (Å²) < 4.78 is 0. The molecule has 1 aliphatic heterocycles. The molecule has 0 spiro atoms. The van der Waals surface area contributed by atoms with E-state index in [1.165, 1.54) is 0 Å². The molecule has 6 heteroatoms. The minimum atomic E-state index is -0.331. The highest BCUT2D eigenvalue weighted by atomic mass is 32.2. The second-order valence-corrected chi connectivity index (χ2v) is 10.2. The van der Waals surface area contributed by atoms with E-state index >= 15 is 0 Å². The first-order valence-corrected chi connectivity index (χ1v) is 11.8. The average Bonchev–Trinajstić information content (AvgIpc) is 3.45. The first kappa shape index (κ1) is 22.2. The van der Waals surface area contributed by atoms with Crippen LogP contribution in [-0.4, -0.2) is 70.9 Å². The van der Waals surface area contributed by atoms with E-state index in [4.69, 9.17) is 0 Å². The molecule has 0 N–H and O–H groups in total. The van der Waals surface area contributed by atoms with Gasteiger partial charge in [0, 0.05) is 31.3 Å². The van der Waals surface area contributed by atoms with Crippen LogP contribution in [0.3, 0.4) is 0 Å². The lowest BCUT2D eigenvalue weighted by atomic mass is 10.1. The third-order valence-electron chi connectivity index (χ3n) is 5.58. The van der Waals surface area contributed by atoms with Crippen molar-refractivity contribution in [1.82, 2.24) is 14.7 Å². The number of nitrogens with zero attached hydrogens (tertiary/aromatic N) is 3. The van der Waals surface area contributed by atoms with Crippen molar-refractivity contribution < 1.29 is 9.59 Å². The molecule has 29 heavy (non-hydrogen) atoms. The number of amides is 2. The summed E-state index contributed by atoms with van der Waals surface area (Å²) in [6.07, 6.45) is 2.90. The number of hydrogen-bond acceptors (Lipinski definition) is 4. The average molecular weight is 418 g/mol. The lowest BCUT2D eigenvalue weighted by Gasteiger charge is -2.34. The number of hydrogen-bond donors (Lipinski definition) is 0. The zero-order valence-electron chi connectivity index (χ0n) is 18.2. The first-order chi connectivity index (χ1) is 13.9. The summed E-state index contributed by atoms with van der Waals surface area (Å²) in [5, 5.41) is 0.129. The number of benzene rings is 1. The summed E-state index contributed by atoms with van der Waals surface area (Å²) in [4.78, 5) is 32.8.